The van der Waals surface area contributed by atoms with Crippen LogP contribution in [-0.2, 0) is 4.74 Å². The van der Waals surface area contributed by atoms with Crippen LogP contribution in [0.4, 0.5) is 0 Å². The minimum absolute atomic E-state index is 0.439. The Morgan fingerprint density at radius 2 is 1.94 bits per heavy atom. The van der Waals surface area contributed by atoms with Gasteiger partial charge in [-0.1, -0.05) is 26.7 Å². The molecule has 1 rings (SSSR count). The van der Waals surface area contributed by atoms with Gasteiger partial charge in [-0.25, -0.2) is 0 Å². The monoisotopic (exact) mass is 223 g/mol. The Balaban J connectivity index is 2.12. The Kier molecular flexibility index (Phi) is 6.52. The van der Waals surface area contributed by atoms with Gasteiger partial charge in [0, 0.05) is 26.1 Å². The second-order valence-electron chi connectivity index (χ2n) is 4.91. The van der Waals surface area contributed by atoms with Crippen molar-refractivity contribution in [2.75, 3.05) is 26.2 Å². The van der Waals surface area contributed by atoms with Gasteiger partial charge in [-0.05, 0) is 18.8 Å². The number of piperidine rings is 1. The average Bonchev–Trinajstić information content (AvgIpc) is 2.26. The zero-order valence-corrected chi connectivity index (χ0v) is 11.0. The topological polar surface area (TPSA) is 12.5 Å². The Morgan fingerprint density at radius 1 is 1.25 bits per heavy atom. The lowest BCUT2D eigenvalue weighted by atomic mass is 10.1. The van der Waals surface area contributed by atoms with Gasteiger partial charge in [0.05, 0.1) is 6.10 Å². The van der Waals surface area contributed by atoms with Crippen molar-refractivity contribution in [1.82, 2.24) is 4.90 Å². The lowest BCUT2D eigenvalue weighted by molar-refractivity contribution is 0.0220. The smallest absolute Gasteiger partial charge is 0.108 e. The van der Waals surface area contributed by atoms with Gasteiger partial charge in [0.1, 0.15) is 6.61 Å². The number of rotatable bonds is 4. The van der Waals surface area contributed by atoms with E-state index < -0.39 is 0 Å². The maximum atomic E-state index is 5.74. The third-order valence-corrected chi connectivity index (χ3v) is 2.85. The van der Waals surface area contributed by atoms with E-state index in [4.69, 9.17) is 4.74 Å². The third kappa shape index (κ3) is 5.53. The molecular formula is C14H25NO. The van der Waals surface area contributed by atoms with Crippen molar-refractivity contribution in [3.8, 4) is 11.8 Å². The molecule has 0 N–H and O–H groups in total. The summed E-state index contributed by atoms with van der Waals surface area (Å²) in [5, 5.41) is 0. The molecule has 0 saturated carbocycles. The molecule has 0 bridgehead atoms. The average molecular weight is 223 g/mol. The summed E-state index contributed by atoms with van der Waals surface area (Å²) < 4.78 is 5.74. The molecule has 2 heteroatoms. The number of hydrogen-bond donors (Lipinski definition) is 0. The highest BCUT2D eigenvalue weighted by Crippen LogP contribution is 2.14. The number of hydrogen-bond acceptors (Lipinski definition) is 2. The normalized spacial score (nSPS) is 18.5. The van der Waals surface area contributed by atoms with Crippen LogP contribution in [0.25, 0.3) is 0 Å². The standard InChI is InChI=1S/C14H25NO/c1-4-5-6-11-16-14-7-9-15(10-8-14)12-13(2)3/h13-14H,4,7-12H2,1-3H3. The molecule has 0 spiro atoms. The Hall–Kier alpha value is -0.520. The minimum atomic E-state index is 0.439. The third-order valence-electron chi connectivity index (χ3n) is 2.85. The Bertz CT molecular complexity index is 231. The van der Waals surface area contributed by atoms with Crippen LogP contribution in [0.5, 0.6) is 0 Å². The summed E-state index contributed by atoms with van der Waals surface area (Å²) in [5.74, 6) is 6.85. The molecule has 16 heavy (non-hydrogen) atoms. The summed E-state index contributed by atoms with van der Waals surface area (Å²) in [7, 11) is 0. The summed E-state index contributed by atoms with van der Waals surface area (Å²) in [4.78, 5) is 2.54. The highest BCUT2D eigenvalue weighted by Gasteiger charge is 2.19. The van der Waals surface area contributed by atoms with Gasteiger partial charge in [0.2, 0.25) is 0 Å². The fourth-order valence-electron chi connectivity index (χ4n) is 2.11. The van der Waals surface area contributed by atoms with Crippen molar-refractivity contribution >= 4 is 0 Å². The zero-order valence-electron chi connectivity index (χ0n) is 11.0. The first-order chi connectivity index (χ1) is 7.72. The number of nitrogens with zero attached hydrogens (tertiary/aromatic N) is 1. The van der Waals surface area contributed by atoms with Crippen LogP contribution < -0.4 is 0 Å². The van der Waals surface area contributed by atoms with Crippen molar-refractivity contribution in [2.45, 2.75) is 46.1 Å². The molecule has 1 aliphatic rings. The van der Waals surface area contributed by atoms with Gasteiger partial charge < -0.3 is 9.64 Å². The summed E-state index contributed by atoms with van der Waals surface area (Å²) in [6, 6.07) is 0. The summed E-state index contributed by atoms with van der Waals surface area (Å²) in [6.07, 6.45) is 3.70. The van der Waals surface area contributed by atoms with Gasteiger partial charge in [-0.15, -0.1) is 5.92 Å². The molecule has 1 aliphatic heterocycles. The van der Waals surface area contributed by atoms with Crippen molar-refractivity contribution in [1.29, 1.82) is 0 Å². The van der Waals surface area contributed by atoms with E-state index in [0.29, 0.717) is 12.7 Å². The fraction of sp³-hybridized carbons (Fsp3) is 0.857. The quantitative estimate of drug-likeness (QED) is 0.679. The maximum absolute atomic E-state index is 5.74. The predicted molar refractivity (Wildman–Crippen MR) is 68.3 cm³/mol. The molecule has 1 heterocycles. The highest BCUT2D eigenvalue weighted by atomic mass is 16.5. The lowest BCUT2D eigenvalue weighted by Gasteiger charge is -2.32. The summed E-state index contributed by atoms with van der Waals surface area (Å²) in [5.41, 5.74) is 0. The molecule has 0 aromatic carbocycles. The molecule has 0 atom stereocenters. The van der Waals surface area contributed by atoms with Gasteiger partial charge in [0.15, 0.2) is 0 Å². The first kappa shape index (κ1) is 13.5. The Labute approximate surface area is 100 Å². The van der Waals surface area contributed by atoms with E-state index in [0.717, 1.165) is 12.3 Å². The van der Waals surface area contributed by atoms with Gasteiger partial charge >= 0.3 is 0 Å². The van der Waals surface area contributed by atoms with Crippen LogP contribution in [0.2, 0.25) is 0 Å². The molecular weight excluding hydrogens is 198 g/mol. The van der Waals surface area contributed by atoms with Crippen molar-refractivity contribution in [3.05, 3.63) is 0 Å². The summed E-state index contributed by atoms with van der Waals surface area (Å²) in [6.45, 7) is 10.8. The maximum Gasteiger partial charge on any atom is 0.108 e. The van der Waals surface area contributed by atoms with E-state index >= 15 is 0 Å². The molecule has 0 amide bonds. The van der Waals surface area contributed by atoms with Crippen LogP contribution in [0.15, 0.2) is 0 Å². The van der Waals surface area contributed by atoms with Gasteiger partial charge in [0.25, 0.3) is 0 Å². The van der Waals surface area contributed by atoms with E-state index in [1.54, 1.807) is 0 Å². The molecule has 0 radical (unpaired) electrons. The van der Waals surface area contributed by atoms with Crippen molar-refractivity contribution in [2.24, 2.45) is 5.92 Å². The Morgan fingerprint density at radius 3 is 2.50 bits per heavy atom. The zero-order chi connectivity index (χ0) is 11.8. The lowest BCUT2D eigenvalue weighted by Crippen LogP contribution is -2.38. The SMILES string of the molecule is CCC#CCOC1CCN(CC(C)C)CC1. The second-order valence-corrected chi connectivity index (χ2v) is 4.91. The largest absolute Gasteiger partial charge is 0.365 e. The molecule has 1 saturated heterocycles. The number of ether oxygens (including phenoxy) is 1. The van der Waals surface area contributed by atoms with E-state index in [2.05, 4.69) is 37.5 Å². The molecule has 0 aromatic heterocycles. The van der Waals surface area contributed by atoms with E-state index in [9.17, 15) is 0 Å². The van der Waals surface area contributed by atoms with Gasteiger partial charge in [-0.2, -0.15) is 0 Å². The van der Waals surface area contributed by atoms with Crippen LogP contribution in [0.1, 0.15) is 40.0 Å². The fourth-order valence-corrected chi connectivity index (χ4v) is 2.11. The first-order valence-electron chi connectivity index (χ1n) is 6.52. The van der Waals surface area contributed by atoms with Crippen LogP contribution >= 0.6 is 0 Å². The number of likely N-dealkylation sites (tertiary alicyclic amines) is 1. The van der Waals surface area contributed by atoms with E-state index in [-0.39, 0.29) is 0 Å². The predicted octanol–water partition coefficient (Wildman–Crippen LogP) is 2.54. The van der Waals surface area contributed by atoms with Crippen molar-refractivity contribution < 1.29 is 4.74 Å². The summed E-state index contributed by atoms with van der Waals surface area (Å²) >= 11 is 0. The van der Waals surface area contributed by atoms with E-state index in [1.807, 2.05) is 0 Å². The molecule has 0 aromatic rings. The second kappa shape index (κ2) is 7.70. The van der Waals surface area contributed by atoms with E-state index in [1.165, 1.54) is 32.5 Å². The molecule has 1 fully saturated rings. The van der Waals surface area contributed by atoms with Crippen molar-refractivity contribution in [3.63, 3.8) is 0 Å². The molecule has 92 valence electrons. The molecule has 0 unspecified atom stereocenters. The first-order valence-corrected chi connectivity index (χ1v) is 6.52. The van der Waals surface area contributed by atoms with Gasteiger partial charge in [-0.3, -0.25) is 0 Å². The van der Waals surface area contributed by atoms with Crippen LogP contribution in [0.3, 0.4) is 0 Å². The minimum Gasteiger partial charge on any atom is -0.365 e. The van der Waals surface area contributed by atoms with Crippen LogP contribution in [-0.4, -0.2) is 37.2 Å². The highest BCUT2D eigenvalue weighted by molar-refractivity contribution is 4.98. The van der Waals surface area contributed by atoms with Crippen LogP contribution in [0, 0.1) is 17.8 Å². The molecule has 0 aliphatic carbocycles. The molecule has 2 nitrogen and oxygen atoms in total.